The molecule has 0 aliphatic carbocycles. The number of alkyl halides is 3. The largest absolute Gasteiger partial charge is 0.490 e. The van der Waals surface area contributed by atoms with Gasteiger partial charge in [-0.15, -0.1) is 0 Å². The highest BCUT2D eigenvalue weighted by atomic mass is 19.4. The Bertz CT molecular complexity index is 857. The Hall–Kier alpha value is -2.94. The lowest BCUT2D eigenvalue weighted by atomic mass is 9.88. The van der Waals surface area contributed by atoms with Crippen LogP contribution < -0.4 is 0 Å². The molecule has 1 saturated heterocycles. The van der Waals surface area contributed by atoms with Gasteiger partial charge < -0.3 is 14.7 Å². The Morgan fingerprint density at radius 2 is 1.84 bits per heavy atom. The maximum Gasteiger partial charge on any atom is 0.490 e. The molecule has 2 heterocycles. The fourth-order valence-electron chi connectivity index (χ4n) is 3.40. The zero-order valence-electron chi connectivity index (χ0n) is 17.3. The van der Waals surface area contributed by atoms with E-state index in [2.05, 4.69) is 29.2 Å². The SMILES string of the molecule is CO[C@H]1CCN(C(=O)c2ccc(C)nc2)C[C@@H]1Cc1ccccc1.O=C(O)C(F)(F)F. The Morgan fingerprint density at radius 3 is 2.35 bits per heavy atom. The van der Waals surface area contributed by atoms with Gasteiger partial charge in [0, 0.05) is 38.0 Å². The van der Waals surface area contributed by atoms with Crippen molar-refractivity contribution in [2.24, 2.45) is 5.92 Å². The van der Waals surface area contributed by atoms with E-state index in [0.29, 0.717) is 11.5 Å². The number of nitrogens with zero attached hydrogens (tertiary/aromatic N) is 2. The molecular weight excluding hydrogens is 413 g/mol. The third-order valence-electron chi connectivity index (χ3n) is 5.00. The molecule has 6 nitrogen and oxygen atoms in total. The van der Waals surface area contributed by atoms with E-state index >= 15 is 0 Å². The van der Waals surface area contributed by atoms with Crippen molar-refractivity contribution < 1.29 is 32.6 Å². The fourth-order valence-corrected chi connectivity index (χ4v) is 3.40. The van der Waals surface area contributed by atoms with Crippen LogP contribution in [-0.2, 0) is 16.0 Å². The summed E-state index contributed by atoms with van der Waals surface area (Å²) in [6.45, 7) is 3.38. The number of piperidine rings is 1. The summed E-state index contributed by atoms with van der Waals surface area (Å²) in [6.07, 6.45) is -1.41. The predicted molar refractivity (Wildman–Crippen MR) is 108 cm³/mol. The number of likely N-dealkylation sites (tertiary alicyclic amines) is 1. The van der Waals surface area contributed by atoms with Crippen molar-refractivity contribution in [3.8, 4) is 0 Å². The van der Waals surface area contributed by atoms with Crippen LogP contribution in [0.1, 0.15) is 28.0 Å². The number of hydrogen-bond donors (Lipinski definition) is 1. The number of aromatic nitrogens is 1. The van der Waals surface area contributed by atoms with Crippen molar-refractivity contribution in [3.05, 3.63) is 65.5 Å². The number of amides is 1. The van der Waals surface area contributed by atoms with E-state index in [1.165, 1.54) is 5.56 Å². The first-order valence-electron chi connectivity index (χ1n) is 9.70. The average molecular weight is 438 g/mol. The van der Waals surface area contributed by atoms with Crippen LogP contribution in [0, 0.1) is 12.8 Å². The number of aliphatic carboxylic acids is 1. The molecule has 1 aliphatic rings. The second kappa shape index (κ2) is 10.9. The highest BCUT2D eigenvalue weighted by molar-refractivity contribution is 5.94. The summed E-state index contributed by atoms with van der Waals surface area (Å²) < 4.78 is 37.4. The lowest BCUT2D eigenvalue weighted by Crippen LogP contribution is -2.47. The van der Waals surface area contributed by atoms with Gasteiger partial charge in [-0.05, 0) is 37.5 Å². The van der Waals surface area contributed by atoms with Crippen LogP contribution in [0.25, 0.3) is 0 Å². The molecule has 168 valence electrons. The first-order chi connectivity index (χ1) is 14.6. The first-order valence-corrected chi connectivity index (χ1v) is 9.70. The molecule has 1 aromatic heterocycles. The maximum atomic E-state index is 12.7. The number of aryl methyl sites for hydroxylation is 1. The number of rotatable bonds is 4. The Morgan fingerprint density at radius 1 is 1.19 bits per heavy atom. The predicted octanol–water partition coefficient (Wildman–Crippen LogP) is 3.74. The van der Waals surface area contributed by atoms with Crippen LogP contribution in [0.2, 0.25) is 0 Å². The second-order valence-electron chi connectivity index (χ2n) is 7.25. The topological polar surface area (TPSA) is 79.7 Å². The maximum absolute atomic E-state index is 12.7. The quantitative estimate of drug-likeness (QED) is 0.787. The molecule has 31 heavy (non-hydrogen) atoms. The fraction of sp³-hybridized carbons (Fsp3) is 0.409. The minimum atomic E-state index is -5.08. The van der Waals surface area contributed by atoms with Crippen LogP contribution in [0.4, 0.5) is 13.2 Å². The van der Waals surface area contributed by atoms with Crippen LogP contribution in [-0.4, -0.2) is 59.3 Å². The Kier molecular flexibility index (Phi) is 8.56. The molecule has 1 fully saturated rings. The summed E-state index contributed by atoms with van der Waals surface area (Å²) in [4.78, 5) is 27.8. The number of carboxylic acids is 1. The monoisotopic (exact) mass is 438 g/mol. The minimum absolute atomic E-state index is 0.0649. The molecular formula is C22H25F3N2O4. The van der Waals surface area contributed by atoms with Crippen LogP contribution in [0.3, 0.4) is 0 Å². The minimum Gasteiger partial charge on any atom is -0.475 e. The summed E-state index contributed by atoms with van der Waals surface area (Å²) >= 11 is 0. The van der Waals surface area contributed by atoms with Gasteiger partial charge in [-0.1, -0.05) is 30.3 Å². The highest BCUT2D eigenvalue weighted by Crippen LogP contribution is 2.25. The molecule has 1 N–H and O–H groups in total. The standard InChI is InChI=1S/C20H24N2O2.C2HF3O2/c1-15-8-9-17(13-21-15)20(23)22-11-10-19(24-2)18(14-22)12-16-6-4-3-5-7-16;3-2(4,5)1(6)7/h3-9,13,18-19H,10-12,14H2,1-2H3;(H,6,7)/t18-,19-;/m0./s1. The number of benzene rings is 1. The number of ether oxygens (including phenoxy) is 1. The molecule has 1 amide bonds. The molecule has 1 aromatic carbocycles. The first kappa shape index (κ1) is 24.3. The van der Waals surface area contributed by atoms with Gasteiger partial charge in [-0.3, -0.25) is 9.78 Å². The van der Waals surface area contributed by atoms with Crippen molar-refractivity contribution in [1.29, 1.82) is 0 Å². The molecule has 0 bridgehead atoms. The number of carbonyl (C=O) groups excluding carboxylic acids is 1. The van der Waals surface area contributed by atoms with Gasteiger partial charge in [0.1, 0.15) is 0 Å². The van der Waals surface area contributed by atoms with Crippen LogP contribution >= 0.6 is 0 Å². The molecule has 0 radical (unpaired) electrons. The van der Waals surface area contributed by atoms with Crippen molar-refractivity contribution in [3.63, 3.8) is 0 Å². The zero-order valence-corrected chi connectivity index (χ0v) is 17.3. The van der Waals surface area contributed by atoms with Crippen LogP contribution in [0.15, 0.2) is 48.7 Å². The number of halogens is 3. The molecule has 0 saturated carbocycles. The number of pyridine rings is 1. The molecule has 3 rings (SSSR count). The van der Waals surface area contributed by atoms with Gasteiger partial charge in [-0.25, -0.2) is 4.79 Å². The van der Waals surface area contributed by atoms with Gasteiger partial charge >= 0.3 is 12.1 Å². The second-order valence-corrected chi connectivity index (χ2v) is 7.25. The smallest absolute Gasteiger partial charge is 0.475 e. The summed E-state index contributed by atoms with van der Waals surface area (Å²) in [7, 11) is 1.77. The molecule has 9 heteroatoms. The van der Waals surface area contributed by atoms with Gasteiger partial charge in [0.15, 0.2) is 0 Å². The van der Waals surface area contributed by atoms with Crippen LogP contribution in [0.5, 0.6) is 0 Å². The molecule has 2 aromatic rings. The van der Waals surface area contributed by atoms with Gasteiger partial charge in [0.25, 0.3) is 5.91 Å². The molecule has 0 unspecified atom stereocenters. The third kappa shape index (κ3) is 7.36. The molecule has 2 atom stereocenters. The summed E-state index contributed by atoms with van der Waals surface area (Å²) in [5.41, 5.74) is 2.87. The Labute approximate surface area is 178 Å². The van der Waals surface area contributed by atoms with E-state index in [1.54, 1.807) is 13.3 Å². The van der Waals surface area contributed by atoms with Crippen molar-refractivity contribution in [1.82, 2.24) is 9.88 Å². The van der Waals surface area contributed by atoms with Crippen molar-refractivity contribution in [2.75, 3.05) is 20.2 Å². The van der Waals surface area contributed by atoms with E-state index in [4.69, 9.17) is 14.6 Å². The van der Waals surface area contributed by atoms with Gasteiger partial charge in [-0.2, -0.15) is 13.2 Å². The van der Waals surface area contributed by atoms with E-state index < -0.39 is 12.1 Å². The van der Waals surface area contributed by atoms with E-state index in [0.717, 1.165) is 31.6 Å². The Balaban J connectivity index is 0.000000423. The third-order valence-corrected chi connectivity index (χ3v) is 5.00. The number of carbonyl (C=O) groups is 2. The van der Waals surface area contributed by atoms with Crippen molar-refractivity contribution >= 4 is 11.9 Å². The number of hydrogen-bond acceptors (Lipinski definition) is 4. The number of carboxylic acid groups (broad SMARTS) is 1. The van der Waals surface area contributed by atoms with Crippen molar-refractivity contribution in [2.45, 2.75) is 32.0 Å². The van der Waals surface area contributed by atoms with Gasteiger partial charge in [0.2, 0.25) is 0 Å². The molecule has 0 spiro atoms. The summed E-state index contributed by atoms with van der Waals surface area (Å²) in [5, 5.41) is 7.12. The van der Waals surface area contributed by atoms with E-state index in [9.17, 15) is 18.0 Å². The van der Waals surface area contributed by atoms with Gasteiger partial charge in [0.05, 0.1) is 11.7 Å². The lowest BCUT2D eigenvalue weighted by molar-refractivity contribution is -0.192. The zero-order chi connectivity index (χ0) is 23.0. The average Bonchev–Trinajstić information content (AvgIpc) is 2.74. The summed E-state index contributed by atoms with van der Waals surface area (Å²) in [6, 6.07) is 14.2. The molecule has 1 aliphatic heterocycles. The lowest BCUT2D eigenvalue weighted by Gasteiger charge is -2.38. The highest BCUT2D eigenvalue weighted by Gasteiger charge is 2.38. The van der Waals surface area contributed by atoms with E-state index in [1.807, 2.05) is 30.0 Å². The van der Waals surface area contributed by atoms with E-state index in [-0.39, 0.29) is 12.0 Å². The number of methoxy groups -OCH3 is 1. The normalized spacial score (nSPS) is 18.7. The summed E-state index contributed by atoms with van der Waals surface area (Å²) in [5.74, 6) is -2.38.